The van der Waals surface area contributed by atoms with Gasteiger partial charge in [0.25, 0.3) is 0 Å². The number of rotatable bonds is 2. The molecule has 2 atom stereocenters. The molecule has 1 amide bonds. The van der Waals surface area contributed by atoms with Crippen LogP contribution in [0.1, 0.15) is 24.2 Å². The molecule has 6 heteroatoms. The number of carbonyl (C=O) groups is 2. The van der Waals surface area contributed by atoms with Crippen LogP contribution in [0.4, 0.5) is 0 Å². The number of nitrogens with zero attached hydrogens (tertiary/aromatic N) is 2. The third kappa shape index (κ3) is 2.22. The van der Waals surface area contributed by atoms with Crippen LogP contribution in [0.15, 0.2) is 6.33 Å². The van der Waals surface area contributed by atoms with Crippen molar-refractivity contribution in [1.82, 2.24) is 14.9 Å². The number of carboxylic acids is 1. The molecule has 1 saturated heterocycles. The number of amides is 1. The van der Waals surface area contributed by atoms with E-state index in [9.17, 15) is 9.59 Å². The Labute approximate surface area is 110 Å². The SMILES string of the molecule is O=C(O)C1CCN(C(=O)C2CCc3nc[nH]c3C2)C1. The second-order valence-corrected chi connectivity index (χ2v) is 5.38. The van der Waals surface area contributed by atoms with E-state index in [-0.39, 0.29) is 11.8 Å². The molecular formula is C13H17N3O3. The van der Waals surface area contributed by atoms with Gasteiger partial charge in [-0.05, 0) is 19.3 Å². The third-order valence-electron chi connectivity index (χ3n) is 4.19. The number of fused-ring (bicyclic) bond motifs is 1. The highest BCUT2D eigenvalue weighted by atomic mass is 16.4. The minimum atomic E-state index is -0.796. The van der Waals surface area contributed by atoms with Crippen molar-refractivity contribution in [3.63, 3.8) is 0 Å². The number of aryl methyl sites for hydroxylation is 1. The molecule has 1 fully saturated rings. The fraction of sp³-hybridized carbons (Fsp3) is 0.615. The van der Waals surface area contributed by atoms with Gasteiger partial charge in [-0.15, -0.1) is 0 Å². The average molecular weight is 263 g/mol. The Morgan fingerprint density at radius 3 is 2.95 bits per heavy atom. The molecule has 2 aliphatic rings. The molecule has 0 radical (unpaired) electrons. The quantitative estimate of drug-likeness (QED) is 0.811. The number of H-pyrrole nitrogens is 1. The second-order valence-electron chi connectivity index (χ2n) is 5.38. The van der Waals surface area contributed by atoms with Gasteiger partial charge < -0.3 is 15.0 Å². The molecule has 2 unspecified atom stereocenters. The van der Waals surface area contributed by atoms with E-state index in [0.29, 0.717) is 25.9 Å². The summed E-state index contributed by atoms with van der Waals surface area (Å²) in [6, 6.07) is 0. The van der Waals surface area contributed by atoms with Crippen molar-refractivity contribution in [3.05, 3.63) is 17.7 Å². The molecule has 0 saturated carbocycles. The fourth-order valence-corrected chi connectivity index (χ4v) is 3.03. The minimum absolute atomic E-state index is 0.0273. The summed E-state index contributed by atoms with van der Waals surface area (Å²) in [7, 11) is 0. The van der Waals surface area contributed by atoms with Crippen LogP contribution in [0.5, 0.6) is 0 Å². The number of hydrogen-bond donors (Lipinski definition) is 2. The maximum atomic E-state index is 12.4. The van der Waals surface area contributed by atoms with Crippen LogP contribution < -0.4 is 0 Å². The molecule has 102 valence electrons. The zero-order valence-corrected chi connectivity index (χ0v) is 10.6. The van der Waals surface area contributed by atoms with Crippen molar-refractivity contribution in [1.29, 1.82) is 0 Å². The highest BCUT2D eigenvalue weighted by Gasteiger charge is 2.35. The van der Waals surface area contributed by atoms with E-state index < -0.39 is 11.9 Å². The summed E-state index contributed by atoms with van der Waals surface area (Å²) in [5, 5.41) is 8.97. The first-order chi connectivity index (χ1) is 9.15. The second kappa shape index (κ2) is 4.68. The summed E-state index contributed by atoms with van der Waals surface area (Å²) in [6.07, 6.45) is 4.58. The number of likely N-dealkylation sites (tertiary alicyclic amines) is 1. The van der Waals surface area contributed by atoms with E-state index in [1.54, 1.807) is 11.2 Å². The minimum Gasteiger partial charge on any atom is -0.481 e. The summed E-state index contributed by atoms with van der Waals surface area (Å²) in [4.78, 5) is 32.3. The highest BCUT2D eigenvalue weighted by Crippen LogP contribution is 2.27. The van der Waals surface area contributed by atoms with Crippen molar-refractivity contribution in [2.75, 3.05) is 13.1 Å². The largest absolute Gasteiger partial charge is 0.481 e. The van der Waals surface area contributed by atoms with Crippen LogP contribution in [-0.2, 0) is 22.4 Å². The molecule has 19 heavy (non-hydrogen) atoms. The number of aliphatic carboxylic acids is 1. The van der Waals surface area contributed by atoms with Crippen LogP contribution >= 0.6 is 0 Å². The van der Waals surface area contributed by atoms with Crippen LogP contribution in [0.3, 0.4) is 0 Å². The van der Waals surface area contributed by atoms with Crippen molar-refractivity contribution < 1.29 is 14.7 Å². The number of imidazole rings is 1. The Morgan fingerprint density at radius 2 is 2.21 bits per heavy atom. The molecule has 0 bridgehead atoms. The molecule has 1 aliphatic carbocycles. The van der Waals surface area contributed by atoms with Gasteiger partial charge in [-0.3, -0.25) is 9.59 Å². The summed E-state index contributed by atoms with van der Waals surface area (Å²) in [5.74, 6) is -1.12. The van der Waals surface area contributed by atoms with E-state index in [2.05, 4.69) is 9.97 Å². The van der Waals surface area contributed by atoms with Gasteiger partial charge in [0.2, 0.25) is 5.91 Å². The zero-order valence-electron chi connectivity index (χ0n) is 10.6. The van der Waals surface area contributed by atoms with Crippen molar-refractivity contribution in [2.45, 2.75) is 25.7 Å². The Bertz CT molecular complexity index is 511. The van der Waals surface area contributed by atoms with E-state index in [0.717, 1.165) is 24.2 Å². The molecule has 3 rings (SSSR count). The summed E-state index contributed by atoms with van der Waals surface area (Å²) in [5.41, 5.74) is 2.12. The van der Waals surface area contributed by atoms with Gasteiger partial charge in [0.1, 0.15) is 0 Å². The number of carbonyl (C=O) groups excluding carboxylic acids is 1. The molecular weight excluding hydrogens is 246 g/mol. The maximum Gasteiger partial charge on any atom is 0.308 e. The normalized spacial score (nSPS) is 26.2. The number of aromatic nitrogens is 2. The first-order valence-electron chi connectivity index (χ1n) is 6.68. The molecule has 0 spiro atoms. The molecule has 2 N–H and O–H groups in total. The molecule has 2 heterocycles. The lowest BCUT2D eigenvalue weighted by atomic mass is 9.89. The first-order valence-corrected chi connectivity index (χ1v) is 6.68. The van der Waals surface area contributed by atoms with Gasteiger partial charge in [0.15, 0.2) is 0 Å². The maximum absolute atomic E-state index is 12.4. The number of hydrogen-bond acceptors (Lipinski definition) is 3. The predicted octanol–water partition coefficient (Wildman–Crippen LogP) is 0.448. The smallest absolute Gasteiger partial charge is 0.308 e. The zero-order chi connectivity index (χ0) is 13.4. The van der Waals surface area contributed by atoms with Crippen molar-refractivity contribution >= 4 is 11.9 Å². The summed E-state index contributed by atoms with van der Waals surface area (Å²) < 4.78 is 0. The highest BCUT2D eigenvalue weighted by molar-refractivity contribution is 5.81. The van der Waals surface area contributed by atoms with E-state index in [1.807, 2.05) is 0 Å². The van der Waals surface area contributed by atoms with E-state index >= 15 is 0 Å². The lowest BCUT2D eigenvalue weighted by Gasteiger charge is -2.25. The Kier molecular flexibility index (Phi) is 3.00. The van der Waals surface area contributed by atoms with Gasteiger partial charge >= 0.3 is 5.97 Å². The Hall–Kier alpha value is -1.85. The molecule has 1 aliphatic heterocycles. The average Bonchev–Trinajstić information content (AvgIpc) is 3.06. The fourth-order valence-electron chi connectivity index (χ4n) is 3.03. The lowest BCUT2D eigenvalue weighted by Crippen LogP contribution is -2.37. The molecule has 1 aromatic rings. The first kappa shape index (κ1) is 12.2. The van der Waals surface area contributed by atoms with Gasteiger partial charge in [0, 0.05) is 31.1 Å². The number of aromatic amines is 1. The summed E-state index contributed by atoms with van der Waals surface area (Å²) >= 11 is 0. The number of carboxylic acid groups (broad SMARTS) is 1. The van der Waals surface area contributed by atoms with E-state index in [4.69, 9.17) is 5.11 Å². The van der Waals surface area contributed by atoms with Gasteiger partial charge in [-0.25, -0.2) is 4.98 Å². The van der Waals surface area contributed by atoms with Crippen LogP contribution in [0.25, 0.3) is 0 Å². The molecule has 6 nitrogen and oxygen atoms in total. The topological polar surface area (TPSA) is 86.3 Å². The number of nitrogens with one attached hydrogen (secondary N) is 1. The summed E-state index contributed by atoms with van der Waals surface area (Å²) in [6.45, 7) is 0.933. The van der Waals surface area contributed by atoms with Crippen LogP contribution in [0, 0.1) is 11.8 Å². The van der Waals surface area contributed by atoms with Crippen LogP contribution in [0.2, 0.25) is 0 Å². The lowest BCUT2D eigenvalue weighted by molar-refractivity contribution is -0.141. The van der Waals surface area contributed by atoms with Gasteiger partial charge in [-0.1, -0.05) is 0 Å². The Balaban J connectivity index is 1.65. The Morgan fingerprint density at radius 1 is 1.37 bits per heavy atom. The standard InChI is InChI=1S/C13H17N3O3/c17-12(16-4-3-9(6-16)13(18)19)8-1-2-10-11(5-8)15-7-14-10/h7-9H,1-6H2,(H,14,15)(H,18,19). The van der Waals surface area contributed by atoms with Crippen molar-refractivity contribution in [3.8, 4) is 0 Å². The monoisotopic (exact) mass is 263 g/mol. The van der Waals surface area contributed by atoms with Crippen molar-refractivity contribution in [2.24, 2.45) is 11.8 Å². The van der Waals surface area contributed by atoms with Gasteiger partial charge in [0.05, 0.1) is 17.9 Å². The molecule has 1 aromatic heterocycles. The predicted molar refractivity (Wildman–Crippen MR) is 66.4 cm³/mol. The van der Waals surface area contributed by atoms with Gasteiger partial charge in [-0.2, -0.15) is 0 Å². The third-order valence-corrected chi connectivity index (χ3v) is 4.19. The van der Waals surface area contributed by atoms with E-state index in [1.165, 1.54) is 0 Å². The molecule has 0 aromatic carbocycles. The van der Waals surface area contributed by atoms with Crippen LogP contribution in [-0.4, -0.2) is 44.9 Å².